The smallest absolute Gasteiger partial charge is 0.270 e. The molecule has 2 aromatic heterocycles. The molecule has 2 amide bonds. The van der Waals surface area contributed by atoms with Crippen LogP contribution >= 0.6 is 0 Å². The second kappa shape index (κ2) is 9.09. The molecule has 0 aliphatic carbocycles. The van der Waals surface area contributed by atoms with Gasteiger partial charge in [0.15, 0.2) is 0 Å². The fourth-order valence-corrected chi connectivity index (χ4v) is 4.44. The van der Waals surface area contributed by atoms with Gasteiger partial charge in [-0.15, -0.1) is 0 Å². The van der Waals surface area contributed by atoms with Crippen LogP contribution in [0.15, 0.2) is 24.3 Å². The molecule has 0 bridgehead atoms. The maximum Gasteiger partial charge on any atom is 0.270 e. The predicted molar refractivity (Wildman–Crippen MR) is 115 cm³/mol. The normalized spacial score (nSPS) is 19.1. The number of aromatic nitrogens is 2. The standard InChI is InChI=1S/C23H30N4O4/c1-4-17(18-8-5-9-21(24-18)30-3)25-22(28)16-13-19(27-11-12-31-14-20(16)27)23(29)26-10-6-7-15(26)2/h5,8-9,13,15,17H,4,6-7,10-12,14H2,1-3H3,(H,25,28). The number of carbonyl (C=O) groups is 2. The topological polar surface area (TPSA) is 85.7 Å². The van der Waals surface area contributed by atoms with E-state index in [-0.39, 0.29) is 23.9 Å². The van der Waals surface area contributed by atoms with Gasteiger partial charge in [0.25, 0.3) is 11.8 Å². The van der Waals surface area contributed by atoms with E-state index < -0.39 is 0 Å². The molecule has 166 valence electrons. The summed E-state index contributed by atoms with van der Waals surface area (Å²) in [5, 5.41) is 3.08. The first-order chi connectivity index (χ1) is 15.0. The lowest BCUT2D eigenvalue weighted by molar-refractivity contribution is 0.0683. The van der Waals surface area contributed by atoms with Gasteiger partial charge < -0.3 is 24.3 Å². The highest BCUT2D eigenvalue weighted by Gasteiger charge is 2.32. The van der Waals surface area contributed by atoms with Crippen molar-refractivity contribution in [2.24, 2.45) is 0 Å². The Morgan fingerprint density at radius 2 is 2.19 bits per heavy atom. The minimum Gasteiger partial charge on any atom is -0.481 e. The van der Waals surface area contributed by atoms with Gasteiger partial charge in [0.1, 0.15) is 5.69 Å². The number of nitrogens with one attached hydrogen (secondary N) is 1. The van der Waals surface area contributed by atoms with Gasteiger partial charge in [0.2, 0.25) is 5.88 Å². The fourth-order valence-electron chi connectivity index (χ4n) is 4.44. The van der Waals surface area contributed by atoms with Crippen LogP contribution in [0.1, 0.15) is 71.4 Å². The minimum absolute atomic E-state index is 0.00583. The van der Waals surface area contributed by atoms with Crippen LogP contribution in [0.3, 0.4) is 0 Å². The lowest BCUT2D eigenvalue weighted by Crippen LogP contribution is -2.35. The summed E-state index contributed by atoms with van der Waals surface area (Å²) in [6.45, 7) is 6.25. The number of pyridine rings is 1. The van der Waals surface area contributed by atoms with Crippen molar-refractivity contribution in [1.82, 2.24) is 19.8 Å². The lowest BCUT2D eigenvalue weighted by Gasteiger charge is -2.24. The average Bonchev–Trinajstić information content (AvgIpc) is 3.40. The van der Waals surface area contributed by atoms with Gasteiger partial charge in [0.05, 0.1) is 43.3 Å². The van der Waals surface area contributed by atoms with E-state index in [2.05, 4.69) is 17.2 Å². The van der Waals surface area contributed by atoms with Gasteiger partial charge in [-0.3, -0.25) is 9.59 Å². The molecule has 8 heteroatoms. The summed E-state index contributed by atoms with van der Waals surface area (Å²) in [6, 6.07) is 7.20. The van der Waals surface area contributed by atoms with E-state index in [1.165, 1.54) is 0 Å². The van der Waals surface area contributed by atoms with E-state index in [4.69, 9.17) is 9.47 Å². The number of nitrogens with zero attached hydrogens (tertiary/aromatic N) is 3. The Balaban J connectivity index is 1.61. The zero-order chi connectivity index (χ0) is 22.0. The second-order valence-electron chi connectivity index (χ2n) is 8.12. The molecule has 2 atom stereocenters. The van der Waals surface area contributed by atoms with Crippen molar-refractivity contribution in [2.75, 3.05) is 20.3 Å². The molecule has 0 aromatic carbocycles. The summed E-state index contributed by atoms with van der Waals surface area (Å²) in [6.07, 6.45) is 2.71. The molecule has 4 rings (SSSR count). The molecular formula is C23H30N4O4. The van der Waals surface area contributed by atoms with Crippen molar-refractivity contribution in [3.8, 4) is 5.88 Å². The fraction of sp³-hybridized carbons (Fsp3) is 0.522. The Morgan fingerprint density at radius 3 is 2.90 bits per heavy atom. The van der Waals surface area contributed by atoms with E-state index in [1.807, 2.05) is 28.5 Å². The Labute approximate surface area is 182 Å². The van der Waals surface area contributed by atoms with Crippen LogP contribution in [0.25, 0.3) is 0 Å². The number of likely N-dealkylation sites (tertiary alicyclic amines) is 1. The summed E-state index contributed by atoms with van der Waals surface area (Å²) in [4.78, 5) is 32.9. The summed E-state index contributed by atoms with van der Waals surface area (Å²) >= 11 is 0. The van der Waals surface area contributed by atoms with Crippen molar-refractivity contribution in [3.05, 3.63) is 46.9 Å². The second-order valence-corrected chi connectivity index (χ2v) is 8.12. The highest BCUT2D eigenvalue weighted by molar-refractivity contribution is 6.01. The Morgan fingerprint density at radius 1 is 1.35 bits per heavy atom. The molecule has 2 unspecified atom stereocenters. The maximum absolute atomic E-state index is 13.3. The Hall–Kier alpha value is -2.87. The quantitative estimate of drug-likeness (QED) is 0.768. The van der Waals surface area contributed by atoms with E-state index in [9.17, 15) is 9.59 Å². The van der Waals surface area contributed by atoms with Crippen molar-refractivity contribution >= 4 is 11.8 Å². The molecule has 2 aromatic rings. The SMILES string of the molecule is CCC(NC(=O)c1cc(C(=O)N2CCCC2C)n2c1COCC2)c1cccc(OC)n1. The van der Waals surface area contributed by atoms with Crippen LogP contribution in [0, 0.1) is 0 Å². The summed E-state index contributed by atoms with van der Waals surface area (Å²) in [5.74, 6) is 0.278. The summed E-state index contributed by atoms with van der Waals surface area (Å²) < 4.78 is 12.8. The van der Waals surface area contributed by atoms with Gasteiger partial charge in [-0.2, -0.15) is 0 Å². The zero-order valence-corrected chi connectivity index (χ0v) is 18.4. The van der Waals surface area contributed by atoms with Gasteiger partial charge >= 0.3 is 0 Å². The van der Waals surface area contributed by atoms with Crippen molar-refractivity contribution in [2.45, 2.75) is 58.3 Å². The number of hydrogen-bond acceptors (Lipinski definition) is 5. The molecule has 0 saturated carbocycles. The van der Waals surface area contributed by atoms with Crippen LogP contribution in [0.2, 0.25) is 0 Å². The number of fused-ring (bicyclic) bond motifs is 1. The number of carbonyl (C=O) groups excluding carboxylic acids is 2. The number of rotatable bonds is 6. The Bertz CT molecular complexity index is 970. The predicted octanol–water partition coefficient (Wildman–Crippen LogP) is 2.93. The van der Waals surface area contributed by atoms with Crippen LogP contribution in [-0.4, -0.2) is 52.6 Å². The number of amides is 2. The van der Waals surface area contributed by atoms with E-state index in [0.717, 1.165) is 30.8 Å². The first kappa shape index (κ1) is 21.4. The minimum atomic E-state index is -0.264. The maximum atomic E-state index is 13.3. The van der Waals surface area contributed by atoms with Crippen LogP contribution in [-0.2, 0) is 17.9 Å². The molecule has 1 saturated heterocycles. The molecular weight excluding hydrogens is 396 g/mol. The molecule has 1 fully saturated rings. The highest BCUT2D eigenvalue weighted by Crippen LogP contribution is 2.26. The first-order valence-electron chi connectivity index (χ1n) is 11.0. The summed E-state index contributed by atoms with van der Waals surface area (Å²) in [5.41, 5.74) is 2.56. The first-order valence-corrected chi connectivity index (χ1v) is 11.0. The molecule has 31 heavy (non-hydrogen) atoms. The molecule has 8 nitrogen and oxygen atoms in total. The molecule has 0 spiro atoms. The lowest BCUT2D eigenvalue weighted by atomic mass is 10.1. The third-order valence-corrected chi connectivity index (χ3v) is 6.21. The molecule has 1 N–H and O–H groups in total. The molecule has 4 heterocycles. The zero-order valence-electron chi connectivity index (χ0n) is 18.4. The van der Waals surface area contributed by atoms with Crippen molar-refractivity contribution in [1.29, 1.82) is 0 Å². The average molecular weight is 427 g/mol. The van der Waals surface area contributed by atoms with Crippen molar-refractivity contribution in [3.63, 3.8) is 0 Å². The van der Waals surface area contributed by atoms with Crippen LogP contribution in [0.4, 0.5) is 0 Å². The van der Waals surface area contributed by atoms with E-state index in [0.29, 0.717) is 43.3 Å². The van der Waals surface area contributed by atoms with Crippen LogP contribution in [0.5, 0.6) is 5.88 Å². The highest BCUT2D eigenvalue weighted by atomic mass is 16.5. The molecule has 2 aliphatic heterocycles. The molecule has 2 aliphatic rings. The van der Waals surface area contributed by atoms with Crippen molar-refractivity contribution < 1.29 is 19.1 Å². The van der Waals surface area contributed by atoms with Gasteiger partial charge in [-0.1, -0.05) is 13.0 Å². The molecule has 0 radical (unpaired) electrons. The number of ether oxygens (including phenoxy) is 2. The monoisotopic (exact) mass is 426 g/mol. The van der Waals surface area contributed by atoms with E-state index >= 15 is 0 Å². The number of hydrogen-bond donors (Lipinski definition) is 1. The third-order valence-electron chi connectivity index (χ3n) is 6.21. The largest absolute Gasteiger partial charge is 0.481 e. The Kier molecular flexibility index (Phi) is 6.27. The van der Waals surface area contributed by atoms with Crippen LogP contribution < -0.4 is 10.1 Å². The summed E-state index contributed by atoms with van der Waals surface area (Å²) in [7, 11) is 1.57. The number of methoxy groups -OCH3 is 1. The van der Waals surface area contributed by atoms with Gasteiger partial charge in [0, 0.05) is 25.2 Å². The van der Waals surface area contributed by atoms with Gasteiger partial charge in [-0.05, 0) is 38.3 Å². The van der Waals surface area contributed by atoms with E-state index in [1.54, 1.807) is 19.2 Å². The van der Waals surface area contributed by atoms with Gasteiger partial charge in [-0.25, -0.2) is 4.98 Å². The third kappa shape index (κ3) is 4.17.